The van der Waals surface area contributed by atoms with Gasteiger partial charge in [-0.3, -0.25) is 13.9 Å². The topological polar surface area (TPSA) is 86.8 Å². The summed E-state index contributed by atoms with van der Waals surface area (Å²) in [6.07, 6.45) is 0.269. The molecule has 10 heteroatoms. The lowest BCUT2D eigenvalue weighted by Gasteiger charge is -2.35. The van der Waals surface area contributed by atoms with Crippen molar-refractivity contribution in [2.75, 3.05) is 10.8 Å². The third-order valence-electron chi connectivity index (χ3n) is 6.16. The zero-order valence-corrected chi connectivity index (χ0v) is 24.9. The van der Waals surface area contributed by atoms with Crippen molar-refractivity contribution >= 4 is 39.1 Å². The van der Waals surface area contributed by atoms with E-state index in [1.807, 2.05) is 27.7 Å². The van der Waals surface area contributed by atoms with Crippen LogP contribution in [0.2, 0.25) is 5.02 Å². The molecule has 40 heavy (non-hydrogen) atoms. The lowest BCUT2D eigenvalue weighted by Crippen LogP contribution is -2.55. The van der Waals surface area contributed by atoms with Gasteiger partial charge in [0.2, 0.25) is 11.8 Å². The van der Waals surface area contributed by atoms with Crippen LogP contribution in [-0.4, -0.2) is 43.3 Å². The summed E-state index contributed by atoms with van der Waals surface area (Å²) < 4.78 is 42.3. The zero-order chi connectivity index (χ0) is 29.7. The minimum Gasteiger partial charge on any atom is -0.350 e. The quantitative estimate of drug-likeness (QED) is 0.329. The van der Waals surface area contributed by atoms with Crippen LogP contribution in [-0.2, 0) is 26.2 Å². The summed E-state index contributed by atoms with van der Waals surface area (Å²) >= 11 is 6.43. The summed E-state index contributed by atoms with van der Waals surface area (Å²) in [5.41, 5.74) is 1.03. The number of nitrogens with one attached hydrogen (secondary N) is 1. The fourth-order valence-electron chi connectivity index (χ4n) is 4.16. The summed E-state index contributed by atoms with van der Waals surface area (Å²) in [7, 11) is -4.23. The summed E-state index contributed by atoms with van der Waals surface area (Å²) in [6, 6.07) is 17.3. The van der Waals surface area contributed by atoms with E-state index in [2.05, 4.69) is 5.32 Å². The van der Waals surface area contributed by atoms with E-state index in [0.29, 0.717) is 5.56 Å². The molecule has 0 aromatic heterocycles. The van der Waals surface area contributed by atoms with Gasteiger partial charge in [-0.05, 0) is 76.1 Å². The van der Waals surface area contributed by atoms with Crippen LogP contribution in [0.25, 0.3) is 0 Å². The van der Waals surface area contributed by atoms with Crippen LogP contribution in [0.3, 0.4) is 0 Å². The molecule has 3 aromatic carbocycles. The van der Waals surface area contributed by atoms with Gasteiger partial charge in [0.05, 0.1) is 15.6 Å². The largest absolute Gasteiger partial charge is 0.350 e. The molecule has 2 amide bonds. The number of nitrogens with zero attached hydrogens (tertiary/aromatic N) is 2. The highest BCUT2D eigenvalue weighted by Crippen LogP contribution is 2.31. The first kappa shape index (κ1) is 31.1. The van der Waals surface area contributed by atoms with Crippen molar-refractivity contribution in [3.8, 4) is 0 Å². The first-order chi connectivity index (χ1) is 18.7. The molecule has 0 spiro atoms. The Morgan fingerprint density at radius 2 is 1.57 bits per heavy atom. The lowest BCUT2D eigenvalue weighted by atomic mass is 10.1. The first-order valence-electron chi connectivity index (χ1n) is 12.9. The van der Waals surface area contributed by atoms with Crippen molar-refractivity contribution in [2.24, 2.45) is 0 Å². The van der Waals surface area contributed by atoms with E-state index >= 15 is 0 Å². The molecule has 7 nitrogen and oxygen atoms in total. The van der Waals surface area contributed by atoms with Crippen LogP contribution < -0.4 is 9.62 Å². The van der Waals surface area contributed by atoms with Crippen LogP contribution >= 0.6 is 11.6 Å². The van der Waals surface area contributed by atoms with Gasteiger partial charge in [-0.15, -0.1) is 0 Å². The minimum absolute atomic E-state index is 0.00609. The van der Waals surface area contributed by atoms with Crippen molar-refractivity contribution in [1.82, 2.24) is 10.2 Å². The standard InChI is InChI=1S/C30H35ClFN3O4S/c1-6-26(29(37)33-30(3,4)5)34(19-22-13-15-23(32)16-14-22)28(36)20-35(27-10-8-7-9-25(27)31)40(38,39)24-17-11-21(2)12-18-24/h7-18,26H,6,19-20H2,1-5H3,(H,33,37)/t26-/m0/s1. The van der Waals surface area contributed by atoms with Crippen molar-refractivity contribution in [3.63, 3.8) is 0 Å². The number of rotatable bonds is 10. The number of para-hydroxylation sites is 1. The third kappa shape index (κ3) is 7.82. The molecular formula is C30H35ClFN3O4S. The Labute approximate surface area is 241 Å². The molecule has 0 saturated heterocycles. The first-order valence-corrected chi connectivity index (χ1v) is 14.7. The number of aryl methyl sites for hydroxylation is 1. The third-order valence-corrected chi connectivity index (χ3v) is 8.25. The van der Waals surface area contributed by atoms with E-state index in [4.69, 9.17) is 11.6 Å². The molecule has 0 saturated carbocycles. The van der Waals surface area contributed by atoms with E-state index < -0.39 is 39.9 Å². The molecule has 1 N–H and O–H groups in total. The van der Waals surface area contributed by atoms with Gasteiger partial charge < -0.3 is 10.2 Å². The average Bonchev–Trinajstić information content (AvgIpc) is 2.88. The van der Waals surface area contributed by atoms with Gasteiger partial charge >= 0.3 is 0 Å². The average molecular weight is 588 g/mol. The summed E-state index contributed by atoms with van der Waals surface area (Å²) in [5, 5.41) is 3.06. The Bertz CT molecular complexity index is 1440. The number of amides is 2. The monoisotopic (exact) mass is 587 g/mol. The summed E-state index contributed by atoms with van der Waals surface area (Å²) in [6.45, 7) is 8.46. The molecule has 0 fully saturated rings. The van der Waals surface area contributed by atoms with Crippen molar-refractivity contribution < 1.29 is 22.4 Å². The summed E-state index contributed by atoms with van der Waals surface area (Å²) in [5.74, 6) is -1.43. The molecule has 0 heterocycles. The summed E-state index contributed by atoms with van der Waals surface area (Å²) in [4.78, 5) is 28.7. The highest BCUT2D eigenvalue weighted by Gasteiger charge is 2.35. The number of carbonyl (C=O) groups is 2. The number of hydrogen-bond donors (Lipinski definition) is 1. The Balaban J connectivity index is 2.08. The Hall–Kier alpha value is -3.43. The number of carbonyl (C=O) groups excluding carboxylic acids is 2. The van der Waals surface area contributed by atoms with Crippen molar-refractivity contribution in [2.45, 2.75) is 64.1 Å². The van der Waals surface area contributed by atoms with Gasteiger partial charge in [0.25, 0.3) is 10.0 Å². The Morgan fingerprint density at radius 1 is 0.975 bits per heavy atom. The molecular weight excluding hydrogens is 553 g/mol. The molecule has 0 aliphatic rings. The Morgan fingerprint density at radius 3 is 2.12 bits per heavy atom. The van der Waals surface area contributed by atoms with Crippen LogP contribution in [0.1, 0.15) is 45.2 Å². The Kier molecular flexibility index (Phi) is 9.97. The second-order valence-corrected chi connectivity index (χ2v) is 12.9. The van der Waals surface area contributed by atoms with Crippen molar-refractivity contribution in [3.05, 3.63) is 94.8 Å². The van der Waals surface area contributed by atoms with E-state index in [1.54, 1.807) is 37.3 Å². The second-order valence-electron chi connectivity index (χ2n) is 10.6. The number of hydrogen-bond acceptors (Lipinski definition) is 4. The second kappa shape index (κ2) is 12.8. The number of benzene rings is 3. The maximum absolute atomic E-state index is 14.0. The fraction of sp³-hybridized carbons (Fsp3) is 0.333. The molecule has 3 aromatic rings. The van der Waals surface area contributed by atoms with E-state index in [-0.39, 0.29) is 34.5 Å². The van der Waals surface area contributed by atoms with Gasteiger partial charge in [-0.25, -0.2) is 12.8 Å². The molecule has 0 aliphatic heterocycles. The number of sulfonamides is 1. The van der Waals surface area contributed by atoms with Gasteiger partial charge in [0.15, 0.2) is 0 Å². The molecule has 0 aliphatic carbocycles. The molecule has 0 unspecified atom stereocenters. The maximum Gasteiger partial charge on any atom is 0.264 e. The van der Waals surface area contributed by atoms with Crippen LogP contribution in [0.5, 0.6) is 0 Å². The number of halogens is 2. The minimum atomic E-state index is -4.23. The number of anilines is 1. The smallest absolute Gasteiger partial charge is 0.264 e. The van der Waals surface area contributed by atoms with Crippen LogP contribution in [0.15, 0.2) is 77.7 Å². The van der Waals surface area contributed by atoms with E-state index in [9.17, 15) is 22.4 Å². The van der Waals surface area contributed by atoms with Gasteiger partial charge in [0, 0.05) is 12.1 Å². The molecule has 214 valence electrons. The lowest BCUT2D eigenvalue weighted by molar-refractivity contribution is -0.141. The molecule has 0 radical (unpaired) electrons. The van der Waals surface area contributed by atoms with Gasteiger partial charge in [-0.2, -0.15) is 0 Å². The fourth-order valence-corrected chi connectivity index (χ4v) is 5.88. The van der Waals surface area contributed by atoms with Crippen LogP contribution in [0.4, 0.5) is 10.1 Å². The van der Waals surface area contributed by atoms with Gasteiger partial charge in [0.1, 0.15) is 18.4 Å². The van der Waals surface area contributed by atoms with E-state index in [1.165, 1.54) is 47.4 Å². The predicted molar refractivity (Wildman–Crippen MR) is 156 cm³/mol. The van der Waals surface area contributed by atoms with Crippen molar-refractivity contribution in [1.29, 1.82) is 0 Å². The normalized spacial score (nSPS) is 12.5. The highest BCUT2D eigenvalue weighted by molar-refractivity contribution is 7.92. The predicted octanol–water partition coefficient (Wildman–Crippen LogP) is 5.70. The highest BCUT2D eigenvalue weighted by atomic mass is 35.5. The van der Waals surface area contributed by atoms with E-state index in [0.717, 1.165) is 9.87 Å². The maximum atomic E-state index is 14.0. The molecule has 3 rings (SSSR count). The zero-order valence-electron chi connectivity index (χ0n) is 23.3. The molecule has 1 atom stereocenters. The van der Waals surface area contributed by atoms with Crippen LogP contribution in [0, 0.1) is 12.7 Å². The molecule has 0 bridgehead atoms. The SMILES string of the molecule is CC[C@@H](C(=O)NC(C)(C)C)N(Cc1ccc(F)cc1)C(=O)CN(c1ccccc1Cl)S(=O)(=O)c1ccc(C)cc1. The van der Waals surface area contributed by atoms with Gasteiger partial charge in [-0.1, -0.05) is 60.5 Å².